The first kappa shape index (κ1) is 22.8. The van der Waals surface area contributed by atoms with Gasteiger partial charge in [0.2, 0.25) is 13.8 Å². The molecule has 7 nitrogen and oxygen atoms in total. The molecule has 1 aliphatic rings. The number of benzene rings is 3. The van der Waals surface area contributed by atoms with Crippen molar-refractivity contribution in [3.63, 3.8) is 0 Å². The molecule has 4 rings (SSSR count). The van der Waals surface area contributed by atoms with Gasteiger partial charge in [-0.3, -0.25) is 0 Å². The third-order valence-electron chi connectivity index (χ3n) is 5.57. The Labute approximate surface area is 186 Å². The number of aliphatic hydroxyl groups excluding tert-OH is 4. The van der Waals surface area contributed by atoms with E-state index in [0.717, 1.165) is 10.6 Å². The van der Waals surface area contributed by atoms with Gasteiger partial charge < -0.3 is 30.3 Å². The third-order valence-corrected chi connectivity index (χ3v) is 9.20. The van der Waals surface area contributed by atoms with E-state index in [9.17, 15) is 25.5 Å². The number of phenolic OH excluding ortho intramolecular Hbond substituents is 1. The van der Waals surface area contributed by atoms with Crippen molar-refractivity contribution in [3.8, 4) is 5.75 Å². The lowest BCUT2D eigenvalue weighted by atomic mass is 10.00. The van der Waals surface area contributed by atoms with Crippen LogP contribution in [-0.2, 0) is 9.26 Å². The fraction of sp³-hybridized carbons (Fsp3) is 0.250. The monoisotopic (exact) mass is 457 g/mol. The smallest absolute Gasteiger partial charge is 0.250 e. The van der Waals surface area contributed by atoms with Gasteiger partial charge in [0.1, 0.15) is 35.0 Å². The van der Waals surface area contributed by atoms with E-state index < -0.39 is 44.8 Å². The first-order valence-corrected chi connectivity index (χ1v) is 12.0. The molecule has 8 heteroatoms. The summed E-state index contributed by atoms with van der Waals surface area (Å²) in [6.45, 7) is -0.566. The topological polar surface area (TPSA) is 120 Å². The van der Waals surface area contributed by atoms with Crippen LogP contribution >= 0.6 is 7.49 Å². The molecule has 168 valence electrons. The lowest BCUT2D eigenvalue weighted by molar-refractivity contribution is -0.276. The molecule has 1 aliphatic heterocycles. The first-order valence-electron chi connectivity index (χ1n) is 10.3. The summed E-state index contributed by atoms with van der Waals surface area (Å²) < 4.78 is 12.3. The van der Waals surface area contributed by atoms with Crippen molar-refractivity contribution in [2.75, 3.05) is 6.61 Å². The zero-order chi connectivity index (χ0) is 22.7. The third kappa shape index (κ3) is 4.05. The van der Waals surface area contributed by atoms with E-state index in [2.05, 4.69) is 0 Å². The van der Waals surface area contributed by atoms with Gasteiger partial charge in [0.15, 0.2) is 11.1 Å². The average Bonchev–Trinajstić information content (AvgIpc) is 2.84. The van der Waals surface area contributed by atoms with Crippen molar-refractivity contribution < 1.29 is 34.8 Å². The molecule has 0 aromatic heterocycles. The van der Waals surface area contributed by atoms with E-state index >= 15 is 0 Å². The highest BCUT2D eigenvalue weighted by Crippen LogP contribution is 2.59. The normalized spacial score (nSPS) is 26.1. The van der Waals surface area contributed by atoms with Crippen LogP contribution in [0.5, 0.6) is 5.75 Å². The Morgan fingerprint density at radius 2 is 1.25 bits per heavy atom. The average molecular weight is 457 g/mol. The van der Waals surface area contributed by atoms with Crippen LogP contribution in [0, 0.1) is 0 Å². The summed E-state index contributed by atoms with van der Waals surface area (Å²) in [6.07, 6.45) is -7.15. The summed E-state index contributed by atoms with van der Waals surface area (Å²) >= 11 is 0. The molecule has 0 saturated carbocycles. The van der Waals surface area contributed by atoms with Crippen LogP contribution in [0.15, 0.2) is 84.9 Å². The molecule has 0 radical (unpaired) electrons. The van der Waals surface area contributed by atoms with Gasteiger partial charge in [0, 0.05) is 0 Å². The Kier molecular flexibility index (Phi) is 6.88. The second kappa shape index (κ2) is 9.65. The fourth-order valence-corrected chi connectivity index (χ4v) is 7.50. The summed E-state index contributed by atoms with van der Waals surface area (Å²) in [5.41, 5.74) is 0. The number of ether oxygens (including phenoxy) is 1. The van der Waals surface area contributed by atoms with E-state index in [0.29, 0.717) is 5.30 Å². The van der Waals surface area contributed by atoms with Gasteiger partial charge in [0.25, 0.3) is 0 Å². The predicted molar refractivity (Wildman–Crippen MR) is 122 cm³/mol. The van der Waals surface area contributed by atoms with Gasteiger partial charge in [-0.2, -0.15) is 4.52 Å². The van der Waals surface area contributed by atoms with Gasteiger partial charge in [-0.1, -0.05) is 48.5 Å². The second-order valence-corrected chi connectivity index (χ2v) is 10.5. The van der Waals surface area contributed by atoms with Crippen LogP contribution < -0.4 is 15.9 Å². The van der Waals surface area contributed by atoms with E-state index in [1.807, 2.05) is 60.7 Å². The maximum absolute atomic E-state index is 10.9. The summed E-state index contributed by atoms with van der Waals surface area (Å²) in [6, 6.07) is 25.4. The van der Waals surface area contributed by atoms with E-state index in [1.165, 1.54) is 0 Å². The summed E-state index contributed by atoms with van der Waals surface area (Å²) in [7, 11) is -3.09. The number of para-hydroxylation sites is 1. The van der Waals surface area contributed by atoms with Crippen LogP contribution in [0.1, 0.15) is 0 Å². The van der Waals surface area contributed by atoms with Crippen LogP contribution in [0.2, 0.25) is 0 Å². The number of hydrogen-bond acceptors (Lipinski definition) is 7. The predicted octanol–water partition coefficient (Wildman–Crippen LogP) is 0.418. The van der Waals surface area contributed by atoms with Crippen molar-refractivity contribution >= 4 is 23.4 Å². The van der Waals surface area contributed by atoms with Gasteiger partial charge in [-0.15, -0.1) is 0 Å². The quantitative estimate of drug-likeness (QED) is 0.341. The minimum Gasteiger partial charge on any atom is -0.504 e. The van der Waals surface area contributed by atoms with Crippen LogP contribution in [0.4, 0.5) is 0 Å². The zero-order valence-corrected chi connectivity index (χ0v) is 18.1. The molecule has 3 aromatic carbocycles. The Bertz CT molecular complexity index is 976. The number of aromatic hydroxyl groups is 1. The molecule has 1 heterocycles. The molecule has 32 heavy (non-hydrogen) atoms. The van der Waals surface area contributed by atoms with E-state index in [1.54, 1.807) is 24.3 Å². The molecule has 0 aliphatic carbocycles. The van der Waals surface area contributed by atoms with Gasteiger partial charge >= 0.3 is 0 Å². The molecule has 0 bridgehead atoms. The highest BCUT2D eigenvalue weighted by Gasteiger charge is 2.56. The van der Waals surface area contributed by atoms with Crippen molar-refractivity contribution in [1.82, 2.24) is 0 Å². The van der Waals surface area contributed by atoms with E-state index in [4.69, 9.17) is 9.26 Å². The molecule has 5 atom stereocenters. The van der Waals surface area contributed by atoms with Crippen LogP contribution in [-0.4, -0.2) is 62.8 Å². The number of phenols is 1. The highest BCUT2D eigenvalue weighted by atomic mass is 31.2. The zero-order valence-electron chi connectivity index (χ0n) is 17.2. The maximum atomic E-state index is 10.9. The van der Waals surface area contributed by atoms with Crippen molar-refractivity contribution in [1.29, 1.82) is 0 Å². The molecule has 0 spiro atoms. The Morgan fingerprint density at radius 3 is 1.78 bits per heavy atom. The van der Waals surface area contributed by atoms with Crippen molar-refractivity contribution in [2.24, 2.45) is 0 Å². The second-order valence-electron chi connectivity index (χ2n) is 7.57. The van der Waals surface area contributed by atoms with Gasteiger partial charge in [-0.05, 0) is 36.4 Å². The number of hydrogen-bond donors (Lipinski definition) is 5. The Balaban J connectivity index is 1.92. The summed E-state index contributed by atoms with van der Waals surface area (Å²) in [5.74, 6) is 0.0122. The molecular formula is C24H26O7P+. The maximum Gasteiger partial charge on any atom is 0.250 e. The highest BCUT2D eigenvalue weighted by molar-refractivity contribution is 7.92. The van der Waals surface area contributed by atoms with E-state index in [-0.39, 0.29) is 5.75 Å². The minimum absolute atomic E-state index is 0.0122. The first-order chi connectivity index (χ1) is 15.5. The molecule has 3 aromatic rings. The van der Waals surface area contributed by atoms with Gasteiger partial charge in [-0.25, -0.2) is 0 Å². The van der Waals surface area contributed by atoms with Gasteiger partial charge in [0.05, 0.1) is 6.61 Å². The minimum atomic E-state index is -3.09. The largest absolute Gasteiger partial charge is 0.504 e. The number of aliphatic hydroxyl groups is 4. The van der Waals surface area contributed by atoms with Crippen molar-refractivity contribution in [2.45, 2.75) is 30.7 Å². The standard InChI is InChI=1S/C24H25O7P/c25-15-19-21(27)22(28)23(29)24(30-19)31-32(16-9-3-1-4-10-16,17-11-5-2-6-12-17)20-14-8-7-13-18(20)26/h1-14,19,21-25,27-29H,15H2/p+1/t19-,21-,22+,23-,24-/m1/s1. The Hall–Kier alpha value is -2.35. The summed E-state index contributed by atoms with van der Waals surface area (Å²) in [5, 5.41) is 53.7. The fourth-order valence-electron chi connectivity index (χ4n) is 3.92. The molecule has 1 saturated heterocycles. The molecular weight excluding hydrogens is 431 g/mol. The lowest BCUT2D eigenvalue weighted by Gasteiger charge is -2.40. The molecule has 0 unspecified atom stereocenters. The summed E-state index contributed by atoms with van der Waals surface area (Å²) in [4.78, 5) is 0. The van der Waals surface area contributed by atoms with Crippen LogP contribution in [0.3, 0.4) is 0 Å². The van der Waals surface area contributed by atoms with Crippen LogP contribution in [0.25, 0.3) is 0 Å². The SMILES string of the molecule is OC[C@H]1O[C@H](O[P+](c2ccccc2)(c2ccccc2)c2ccccc2O)[C@H](O)[C@@H](O)[C@@H]1O. The Morgan fingerprint density at radius 1 is 0.719 bits per heavy atom. The lowest BCUT2D eigenvalue weighted by Crippen LogP contribution is -2.59. The number of rotatable bonds is 6. The molecule has 1 fully saturated rings. The molecule has 5 N–H and O–H groups in total. The van der Waals surface area contributed by atoms with Crippen molar-refractivity contribution in [3.05, 3.63) is 84.9 Å². The molecule has 0 amide bonds.